The van der Waals surface area contributed by atoms with Gasteiger partial charge in [0.25, 0.3) is 0 Å². The van der Waals surface area contributed by atoms with Gasteiger partial charge in [-0.05, 0) is 36.9 Å². The Morgan fingerprint density at radius 2 is 1.96 bits per heavy atom. The van der Waals surface area contributed by atoms with E-state index in [0.29, 0.717) is 29.0 Å². The first-order valence-electron chi connectivity index (χ1n) is 7.73. The molecule has 0 amide bonds. The van der Waals surface area contributed by atoms with E-state index < -0.39 is 17.8 Å². The molecule has 0 aliphatic heterocycles. The van der Waals surface area contributed by atoms with Crippen LogP contribution in [0.15, 0.2) is 42.9 Å². The van der Waals surface area contributed by atoms with E-state index in [1.165, 1.54) is 12.4 Å². The minimum Gasteiger partial charge on any atom is -0.360 e. The highest BCUT2D eigenvalue weighted by molar-refractivity contribution is 6.31. The van der Waals surface area contributed by atoms with Crippen molar-refractivity contribution in [1.82, 2.24) is 20.3 Å². The first-order valence-corrected chi connectivity index (χ1v) is 8.11. The van der Waals surface area contributed by atoms with Gasteiger partial charge in [-0.25, -0.2) is 9.97 Å². The summed E-state index contributed by atoms with van der Waals surface area (Å²) >= 11 is 5.71. The fourth-order valence-corrected chi connectivity index (χ4v) is 2.82. The third-order valence-corrected chi connectivity index (χ3v) is 4.14. The summed E-state index contributed by atoms with van der Waals surface area (Å²) < 4.78 is 39.5. The Kier molecular flexibility index (Phi) is 5.24. The summed E-state index contributed by atoms with van der Waals surface area (Å²) in [6.45, 7) is 0.372. The number of halogens is 4. The fourth-order valence-electron chi connectivity index (χ4n) is 2.60. The summed E-state index contributed by atoms with van der Waals surface area (Å²) in [4.78, 5) is 12.6. The van der Waals surface area contributed by atoms with Crippen molar-refractivity contribution in [2.45, 2.75) is 12.2 Å². The zero-order chi connectivity index (χ0) is 18.7. The van der Waals surface area contributed by atoms with Crippen molar-refractivity contribution in [1.29, 1.82) is 0 Å². The van der Waals surface area contributed by atoms with Gasteiger partial charge in [0, 0.05) is 12.7 Å². The van der Waals surface area contributed by atoms with Crippen molar-refractivity contribution in [3.05, 3.63) is 59.0 Å². The van der Waals surface area contributed by atoms with Gasteiger partial charge in [-0.15, -0.1) is 0 Å². The van der Waals surface area contributed by atoms with E-state index in [4.69, 9.17) is 11.6 Å². The minimum atomic E-state index is -4.53. The predicted molar refractivity (Wildman–Crippen MR) is 94.1 cm³/mol. The molecule has 0 aliphatic carbocycles. The lowest BCUT2D eigenvalue weighted by atomic mass is 10.0. The van der Waals surface area contributed by atoms with Crippen LogP contribution in [-0.2, 0) is 6.18 Å². The average molecular weight is 382 g/mol. The summed E-state index contributed by atoms with van der Waals surface area (Å²) in [5.41, 5.74) is 0.741. The molecule has 9 heteroatoms. The molecule has 26 heavy (non-hydrogen) atoms. The van der Waals surface area contributed by atoms with Crippen LogP contribution in [0, 0.1) is 0 Å². The van der Waals surface area contributed by atoms with Gasteiger partial charge < -0.3 is 10.6 Å². The summed E-state index contributed by atoms with van der Waals surface area (Å²) in [7, 11) is 1.71. The number of anilines is 1. The monoisotopic (exact) mass is 381 g/mol. The molecular weight excluding hydrogens is 367 g/mol. The average Bonchev–Trinajstić information content (AvgIpc) is 2.61. The molecule has 1 atom stereocenters. The van der Waals surface area contributed by atoms with Gasteiger partial charge in [-0.2, -0.15) is 13.2 Å². The highest BCUT2D eigenvalue weighted by Gasteiger charge is 2.34. The molecule has 0 spiro atoms. The molecule has 0 bridgehead atoms. The molecule has 3 aromatic rings. The van der Waals surface area contributed by atoms with E-state index in [9.17, 15) is 13.2 Å². The van der Waals surface area contributed by atoms with Crippen LogP contribution in [0.25, 0.3) is 11.0 Å². The van der Waals surface area contributed by atoms with E-state index in [-0.39, 0.29) is 5.02 Å². The summed E-state index contributed by atoms with van der Waals surface area (Å²) in [5.74, 6) is 0.444. The van der Waals surface area contributed by atoms with Crippen LogP contribution in [-0.4, -0.2) is 28.5 Å². The molecule has 2 N–H and O–H groups in total. The number of hydrogen-bond donors (Lipinski definition) is 2. The molecular formula is C17H15ClF3N5. The van der Waals surface area contributed by atoms with Crippen molar-refractivity contribution in [3.8, 4) is 0 Å². The number of aromatic nitrogens is 3. The summed E-state index contributed by atoms with van der Waals surface area (Å²) in [6.07, 6.45) is -1.54. The van der Waals surface area contributed by atoms with E-state index in [0.717, 1.165) is 6.07 Å². The maximum Gasteiger partial charge on any atom is 0.417 e. The molecule has 0 saturated heterocycles. The lowest BCUT2D eigenvalue weighted by molar-refractivity contribution is -0.137. The van der Waals surface area contributed by atoms with Crippen molar-refractivity contribution in [2.24, 2.45) is 0 Å². The standard InChI is InChI=1S/C17H15ClF3N5/c1-22-8-14(10-4-5-12(18)11(7-10)17(19,20)21)26-16-15-13(24-9-25-16)3-2-6-23-15/h2-7,9,14,22H,8H2,1H3,(H,24,25,26)/t14-/m1/s1. The van der Waals surface area contributed by atoms with Crippen molar-refractivity contribution >= 4 is 28.5 Å². The number of likely N-dealkylation sites (N-methyl/N-ethyl adjacent to an activating group) is 1. The Bertz CT molecular complexity index is 911. The van der Waals surface area contributed by atoms with Gasteiger partial charge in [0.2, 0.25) is 0 Å². The van der Waals surface area contributed by atoms with Gasteiger partial charge >= 0.3 is 6.18 Å². The maximum absolute atomic E-state index is 13.2. The van der Waals surface area contributed by atoms with Crippen molar-refractivity contribution < 1.29 is 13.2 Å². The second-order valence-corrected chi connectivity index (χ2v) is 5.99. The highest BCUT2D eigenvalue weighted by atomic mass is 35.5. The number of pyridine rings is 1. The third kappa shape index (κ3) is 3.86. The van der Waals surface area contributed by atoms with Gasteiger partial charge in [0.05, 0.1) is 22.1 Å². The molecule has 0 radical (unpaired) electrons. The lowest BCUT2D eigenvalue weighted by Gasteiger charge is -2.21. The zero-order valence-electron chi connectivity index (χ0n) is 13.7. The van der Waals surface area contributed by atoms with Crippen LogP contribution < -0.4 is 10.6 Å². The number of fused-ring (bicyclic) bond motifs is 1. The van der Waals surface area contributed by atoms with E-state index in [2.05, 4.69) is 25.6 Å². The number of nitrogens with zero attached hydrogens (tertiary/aromatic N) is 3. The minimum absolute atomic E-state index is 0.335. The highest BCUT2D eigenvalue weighted by Crippen LogP contribution is 2.36. The largest absolute Gasteiger partial charge is 0.417 e. The third-order valence-electron chi connectivity index (χ3n) is 3.81. The molecule has 2 heterocycles. The van der Waals surface area contributed by atoms with Crippen molar-refractivity contribution in [3.63, 3.8) is 0 Å². The van der Waals surface area contributed by atoms with E-state index in [1.54, 1.807) is 31.4 Å². The summed E-state index contributed by atoms with van der Waals surface area (Å²) in [5, 5.41) is 5.78. The van der Waals surface area contributed by atoms with E-state index in [1.807, 2.05) is 0 Å². The number of alkyl halides is 3. The second kappa shape index (κ2) is 7.43. The van der Waals surface area contributed by atoms with Crippen molar-refractivity contribution in [2.75, 3.05) is 18.9 Å². The van der Waals surface area contributed by atoms with Crippen LogP contribution in [0.2, 0.25) is 5.02 Å². The molecule has 5 nitrogen and oxygen atoms in total. The number of benzene rings is 1. The van der Waals surface area contributed by atoms with Gasteiger partial charge in [0.1, 0.15) is 11.8 Å². The van der Waals surface area contributed by atoms with Gasteiger partial charge in [0.15, 0.2) is 5.82 Å². The molecule has 136 valence electrons. The van der Waals surface area contributed by atoms with Gasteiger partial charge in [-0.1, -0.05) is 17.7 Å². The van der Waals surface area contributed by atoms with Crippen LogP contribution in [0.3, 0.4) is 0 Å². The molecule has 0 saturated carbocycles. The molecule has 1 aromatic carbocycles. The first-order chi connectivity index (χ1) is 12.4. The van der Waals surface area contributed by atoms with Gasteiger partial charge in [-0.3, -0.25) is 4.98 Å². The topological polar surface area (TPSA) is 62.7 Å². The Morgan fingerprint density at radius 1 is 1.15 bits per heavy atom. The van der Waals surface area contributed by atoms with Crippen LogP contribution in [0.5, 0.6) is 0 Å². The summed E-state index contributed by atoms with van der Waals surface area (Å²) in [6, 6.07) is 6.92. The Labute approximate surface area is 152 Å². The number of hydrogen-bond acceptors (Lipinski definition) is 5. The van der Waals surface area contributed by atoms with Crippen LogP contribution in [0.1, 0.15) is 17.2 Å². The Morgan fingerprint density at radius 3 is 2.69 bits per heavy atom. The normalized spacial score (nSPS) is 13.0. The zero-order valence-corrected chi connectivity index (χ0v) is 14.4. The molecule has 2 aromatic heterocycles. The smallest absolute Gasteiger partial charge is 0.360 e. The van der Waals surface area contributed by atoms with Crippen LogP contribution in [0.4, 0.5) is 19.0 Å². The maximum atomic E-state index is 13.2. The first kappa shape index (κ1) is 18.3. The number of rotatable bonds is 5. The molecule has 0 fully saturated rings. The Balaban J connectivity index is 2.00. The van der Waals surface area contributed by atoms with E-state index >= 15 is 0 Å². The predicted octanol–water partition coefficient (Wildman–Crippen LogP) is 4.07. The molecule has 0 aliphatic rings. The molecule has 0 unspecified atom stereocenters. The Hall–Kier alpha value is -2.45. The lowest BCUT2D eigenvalue weighted by Crippen LogP contribution is -2.24. The SMILES string of the molecule is CNC[C@@H](Nc1ncnc2cccnc12)c1ccc(Cl)c(C(F)(F)F)c1. The number of nitrogens with one attached hydrogen (secondary N) is 2. The second-order valence-electron chi connectivity index (χ2n) is 5.59. The molecule has 3 rings (SSSR count). The van der Waals surface area contributed by atoms with Crippen LogP contribution >= 0.6 is 11.6 Å². The fraction of sp³-hybridized carbons (Fsp3) is 0.235. The quantitative estimate of drug-likeness (QED) is 0.697.